The van der Waals surface area contributed by atoms with Crippen LogP contribution < -0.4 is 5.32 Å². The fraction of sp³-hybridized carbons (Fsp3) is 0.667. The minimum Gasteiger partial charge on any atom is -0.462 e. The zero-order valence-corrected chi connectivity index (χ0v) is 20.2. The predicted molar refractivity (Wildman–Crippen MR) is 111 cm³/mol. The third kappa shape index (κ3) is 9.98. The Morgan fingerprint density at radius 3 is 1.83 bits per heavy atom. The quantitative estimate of drug-likeness (QED) is 0.270. The van der Waals surface area contributed by atoms with Crippen molar-refractivity contribution in [2.45, 2.75) is 84.5 Å². The Kier molecular flexibility index (Phi) is 11.1. The minimum atomic E-state index is -1.62. The summed E-state index contributed by atoms with van der Waals surface area (Å²) >= 11 is 0. The molecule has 1 heterocycles. The van der Waals surface area contributed by atoms with Gasteiger partial charge in [-0.2, -0.15) is 0 Å². The zero-order valence-electron chi connectivity index (χ0n) is 20.2. The summed E-state index contributed by atoms with van der Waals surface area (Å²) in [6.07, 6.45) is -7.47. The van der Waals surface area contributed by atoms with Crippen LogP contribution in [0.3, 0.4) is 0 Å². The number of carbonyl (C=O) groups excluding carboxylic acids is 7. The van der Waals surface area contributed by atoms with Crippen LogP contribution in [-0.4, -0.2) is 84.9 Å². The molecular formula is C21H29NO13. The molecule has 14 heteroatoms. The van der Waals surface area contributed by atoms with E-state index in [2.05, 4.69) is 5.32 Å². The summed E-state index contributed by atoms with van der Waals surface area (Å²) < 4.78 is 30.9. The van der Waals surface area contributed by atoms with Gasteiger partial charge in [0, 0.05) is 48.0 Å². The molecule has 35 heavy (non-hydrogen) atoms. The number of carbonyl (C=O) groups is 7. The molecule has 6 atom stereocenters. The Morgan fingerprint density at radius 2 is 1.37 bits per heavy atom. The molecule has 0 aromatic heterocycles. The van der Waals surface area contributed by atoms with Crippen molar-refractivity contribution in [2.75, 3.05) is 6.61 Å². The van der Waals surface area contributed by atoms with Crippen LogP contribution in [-0.2, 0) is 62.0 Å². The summed E-state index contributed by atoms with van der Waals surface area (Å²) in [5, 5.41) is 2.48. The second kappa shape index (κ2) is 13.2. The van der Waals surface area contributed by atoms with Crippen LogP contribution in [0.1, 0.15) is 48.0 Å². The highest BCUT2D eigenvalue weighted by Crippen LogP contribution is 2.27. The maximum absolute atomic E-state index is 12.2. The molecule has 0 aliphatic carbocycles. The smallest absolute Gasteiger partial charge is 0.347 e. The van der Waals surface area contributed by atoms with Gasteiger partial charge in [0.15, 0.2) is 18.3 Å². The van der Waals surface area contributed by atoms with E-state index in [9.17, 15) is 33.6 Å². The first-order valence-electron chi connectivity index (χ1n) is 10.5. The van der Waals surface area contributed by atoms with Gasteiger partial charge < -0.3 is 33.7 Å². The van der Waals surface area contributed by atoms with Crippen molar-refractivity contribution in [2.24, 2.45) is 0 Å². The van der Waals surface area contributed by atoms with Gasteiger partial charge in [-0.15, -0.1) is 0 Å². The summed E-state index contributed by atoms with van der Waals surface area (Å²) in [4.78, 5) is 82.6. The Bertz CT molecular complexity index is 854. The Balaban J connectivity index is 3.51. The lowest BCUT2D eigenvalue weighted by Gasteiger charge is -2.37. The van der Waals surface area contributed by atoms with Crippen LogP contribution in [0.2, 0.25) is 0 Å². The fourth-order valence-electron chi connectivity index (χ4n) is 3.41. The summed E-state index contributed by atoms with van der Waals surface area (Å²) in [5.74, 6) is -5.70. The largest absolute Gasteiger partial charge is 0.462 e. The number of cyclic esters (lactones) is 1. The Labute approximate surface area is 200 Å². The molecule has 1 fully saturated rings. The molecule has 0 unspecified atom stereocenters. The minimum absolute atomic E-state index is 0.240. The standard InChI is InChI=1S/C21H29NO13/c1-9(23)22-18(15-7-16(21(29)35-15)31-11(3)25)20(34-14(6)28)19(33-13(5)27)17(32-12(4)26)8-30-10(2)24/h15-20H,7-8H2,1-6H3,(H,22,23)/t15-,16+,17+,18+,19-,20+/m0/s1. The van der Waals surface area contributed by atoms with Crippen molar-refractivity contribution >= 4 is 41.7 Å². The molecule has 196 valence electrons. The molecule has 1 aliphatic rings. The first-order valence-corrected chi connectivity index (χ1v) is 10.5. The highest BCUT2D eigenvalue weighted by Gasteiger charge is 2.50. The lowest BCUT2D eigenvalue weighted by Crippen LogP contribution is -2.60. The zero-order chi connectivity index (χ0) is 26.9. The summed E-state index contributed by atoms with van der Waals surface area (Å²) in [5.41, 5.74) is 0. The van der Waals surface area contributed by atoms with Crippen molar-refractivity contribution in [1.82, 2.24) is 5.32 Å². The number of nitrogens with one attached hydrogen (secondary N) is 1. The monoisotopic (exact) mass is 503 g/mol. The maximum atomic E-state index is 12.2. The van der Waals surface area contributed by atoms with Crippen LogP contribution in [0, 0.1) is 0 Å². The highest BCUT2D eigenvalue weighted by molar-refractivity contribution is 5.81. The summed E-state index contributed by atoms with van der Waals surface area (Å²) in [6, 6.07) is -1.36. The number of esters is 6. The summed E-state index contributed by atoms with van der Waals surface area (Å²) in [6.45, 7) is 5.79. The van der Waals surface area contributed by atoms with Crippen LogP contribution in [0.15, 0.2) is 0 Å². The SMILES string of the molecule is CC(=O)N[C@@H]([C@@H](OC(C)=O)[C@@H](OC(C)=O)[C@@H](COC(C)=O)OC(C)=O)[C@@H]1C[C@@H](OC(C)=O)C(=O)O1. The van der Waals surface area contributed by atoms with Gasteiger partial charge in [-0.1, -0.05) is 0 Å². The molecule has 1 N–H and O–H groups in total. The van der Waals surface area contributed by atoms with Crippen molar-refractivity contribution in [3.05, 3.63) is 0 Å². The first kappa shape index (κ1) is 29.3. The molecule has 0 saturated carbocycles. The molecule has 0 bridgehead atoms. The van der Waals surface area contributed by atoms with Crippen molar-refractivity contribution in [3.63, 3.8) is 0 Å². The van der Waals surface area contributed by atoms with Crippen LogP contribution in [0.25, 0.3) is 0 Å². The van der Waals surface area contributed by atoms with Crippen LogP contribution >= 0.6 is 0 Å². The van der Waals surface area contributed by atoms with Gasteiger partial charge in [0.2, 0.25) is 12.0 Å². The fourth-order valence-corrected chi connectivity index (χ4v) is 3.41. The number of amides is 1. The third-order valence-corrected chi connectivity index (χ3v) is 4.47. The van der Waals surface area contributed by atoms with Gasteiger partial charge in [-0.3, -0.25) is 28.8 Å². The maximum Gasteiger partial charge on any atom is 0.347 e. The predicted octanol–water partition coefficient (Wildman–Crippen LogP) is -0.903. The second-order valence-corrected chi connectivity index (χ2v) is 7.63. The lowest BCUT2D eigenvalue weighted by atomic mass is 9.94. The number of hydrogen-bond donors (Lipinski definition) is 1. The van der Waals surface area contributed by atoms with Crippen LogP contribution in [0.4, 0.5) is 0 Å². The van der Waals surface area contributed by atoms with E-state index < -0.39 is 84.9 Å². The second-order valence-electron chi connectivity index (χ2n) is 7.63. The van der Waals surface area contributed by atoms with Crippen molar-refractivity contribution in [3.8, 4) is 0 Å². The number of hydrogen-bond acceptors (Lipinski definition) is 13. The summed E-state index contributed by atoms with van der Waals surface area (Å²) in [7, 11) is 0. The van der Waals surface area contributed by atoms with E-state index in [1.165, 1.54) is 0 Å². The van der Waals surface area contributed by atoms with E-state index in [1.807, 2.05) is 0 Å². The highest BCUT2D eigenvalue weighted by atomic mass is 16.6. The van der Waals surface area contributed by atoms with Crippen molar-refractivity contribution < 1.29 is 62.0 Å². The molecule has 1 aliphatic heterocycles. The van der Waals surface area contributed by atoms with Gasteiger partial charge in [-0.05, 0) is 0 Å². The van der Waals surface area contributed by atoms with Gasteiger partial charge in [0.1, 0.15) is 18.8 Å². The first-order chi connectivity index (χ1) is 16.2. The molecule has 1 amide bonds. The van der Waals surface area contributed by atoms with E-state index in [1.54, 1.807) is 0 Å². The molecular weight excluding hydrogens is 474 g/mol. The van der Waals surface area contributed by atoms with Gasteiger partial charge in [0.25, 0.3) is 0 Å². The van der Waals surface area contributed by atoms with E-state index >= 15 is 0 Å². The number of rotatable bonds is 11. The topological polar surface area (TPSA) is 187 Å². The lowest BCUT2D eigenvalue weighted by molar-refractivity contribution is -0.194. The molecule has 1 saturated heterocycles. The molecule has 14 nitrogen and oxygen atoms in total. The molecule has 0 spiro atoms. The molecule has 1 rings (SSSR count). The van der Waals surface area contributed by atoms with Crippen LogP contribution in [0.5, 0.6) is 0 Å². The molecule has 0 aromatic rings. The van der Waals surface area contributed by atoms with E-state index in [-0.39, 0.29) is 6.42 Å². The molecule has 0 aromatic carbocycles. The van der Waals surface area contributed by atoms with Gasteiger partial charge in [0.05, 0.1) is 0 Å². The van der Waals surface area contributed by atoms with E-state index in [0.29, 0.717) is 0 Å². The molecule has 0 radical (unpaired) electrons. The third-order valence-electron chi connectivity index (χ3n) is 4.47. The van der Waals surface area contributed by atoms with Gasteiger partial charge in [-0.25, -0.2) is 4.79 Å². The average molecular weight is 503 g/mol. The van der Waals surface area contributed by atoms with Crippen molar-refractivity contribution in [1.29, 1.82) is 0 Å². The normalized spacial score (nSPS) is 20.2. The Morgan fingerprint density at radius 1 is 0.829 bits per heavy atom. The Hall–Kier alpha value is -3.71. The number of ether oxygens (including phenoxy) is 6. The average Bonchev–Trinajstić information content (AvgIpc) is 3.04. The van der Waals surface area contributed by atoms with E-state index in [0.717, 1.165) is 41.5 Å². The van der Waals surface area contributed by atoms with E-state index in [4.69, 9.17) is 28.4 Å². The van der Waals surface area contributed by atoms with Gasteiger partial charge >= 0.3 is 35.8 Å².